The molecule has 0 N–H and O–H groups in total. The lowest BCUT2D eigenvalue weighted by molar-refractivity contribution is 0.272. The van der Waals surface area contributed by atoms with Crippen LogP contribution in [0.2, 0.25) is 0 Å². The van der Waals surface area contributed by atoms with Crippen molar-refractivity contribution in [2.45, 2.75) is 33.1 Å². The van der Waals surface area contributed by atoms with E-state index in [4.69, 9.17) is 9.47 Å². The first-order valence-electron chi connectivity index (χ1n) is 7.56. The van der Waals surface area contributed by atoms with Gasteiger partial charge in [-0.15, -0.1) is 0 Å². The summed E-state index contributed by atoms with van der Waals surface area (Å²) in [6, 6.07) is 12.1. The molecule has 0 bridgehead atoms. The zero-order valence-corrected chi connectivity index (χ0v) is 13.2. The first kappa shape index (κ1) is 15.4. The molecule has 1 aliphatic rings. The number of hydrogen-bond donors (Lipinski definition) is 0. The van der Waals surface area contributed by atoms with Gasteiger partial charge >= 0.3 is 0 Å². The first-order valence-corrected chi connectivity index (χ1v) is 7.56. The van der Waals surface area contributed by atoms with E-state index in [0.717, 1.165) is 30.0 Å². The highest BCUT2D eigenvalue weighted by Gasteiger charge is 2.18. The maximum absolute atomic E-state index is 5.68. The number of rotatable bonds is 2. The fourth-order valence-corrected chi connectivity index (χ4v) is 2.41. The van der Waals surface area contributed by atoms with Gasteiger partial charge in [0, 0.05) is 11.6 Å². The van der Waals surface area contributed by atoms with Crippen molar-refractivity contribution >= 4 is 0 Å². The van der Waals surface area contributed by atoms with E-state index >= 15 is 0 Å². The number of aromatic nitrogens is 1. The molecule has 3 nitrogen and oxygen atoms in total. The molecule has 1 aromatic carbocycles. The third-order valence-corrected chi connectivity index (χ3v) is 3.58. The fraction of sp³-hybridized carbons (Fsp3) is 0.389. The Labute approximate surface area is 126 Å². The van der Waals surface area contributed by atoms with Gasteiger partial charge in [0.05, 0.1) is 19.4 Å². The third kappa shape index (κ3) is 3.35. The van der Waals surface area contributed by atoms with Crippen LogP contribution in [0.15, 0.2) is 36.4 Å². The van der Waals surface area contributed by atoms with Gasteiger partial charge in [-0.05, 0) is 42.2 Å². The van der Waals surface area contributed by atoms with Crippen molar-refractivity contribution < 1.29 is 9.47 Å². The Morgan fingerprint density at radius 1 is 1.19 bits per heavy atom. The van der Waals surface area contributed by atoms with Crippen LogP contribution in [-0.2, 0) is 0 Å². The topological polar surface area (TPSA) is 31.4 Å². The maximum Gasteiger partial charge on any atom is 0.213 e. The molecule has 0 fully saturated rings. The van der Waals surface area contributed by atoms with Crippen molar-refractivity contribution in [1.82, 2.24) is 4.98 Å². The molecular weight excluding hydrogens is 262 g/mol. The number of ether oxygens (including phenoxy) is 2. The minimum atomic E-state index is 0.536. The summed E-state index contributed by atoms with van der Waals surface area (Å²) >= 11 is 0. The van der Waals surface area contributed by atoms with Gasteiger partial charge in [0.25, 0.3) is 0 Å². The number of fused-ring (bicyclic) bond motifs is 1. The molecule has 0 radical (unpaired) electrons. The van der Waals surface area contributed by atoms with E-state index in [1.807, 2.05) is 38.1 Å². The first-order chi connectivity index (χ1) is 10.3. The predicted octanol–water partition coefficient (Wildman–Crippen LogP) is 4.67. The average molecular weight is 285 g/mol. The van der Waals surface area contributed by atoms with Gasteiger partial charge in [0.1, 0.15) is 5.75 Å². The van der Waals surface area contributed by atoms with Gasteiger partial charge in [0.2, 0.25) is 5.88 Å². The van der Waals surface area contributed by atoms with Gasteiger partial charge in [-0.1, -0.05) is 26.8 Å². The number of benzene rings is 1. The maximum atomic E-state index is 5.68. The van der Waals surface area contributed by atoms with E-state index in [2.05, 4.69) is 24.0 Å². The molecule has 0 saturated heterocycles. The standard InChI is InChI=1S/C16H17NO2.C2H6/c1-11-8-9-19-15-7-6-12(10-13(11)15)14-4-3-5-16(17-14)18-2;1-2/h3-7,10-11H,8-9H2,1-2H3;1-2H3. The molecule has 2 heterocycles. The summed E-state index contributed by atoms with van der Waals surface area (Å²) in [5.74, 6) is 2.18. The van der Waals surface area contributed by atoms with Crippen molar-refractivity contribution in [2.24, 2.45) is 0 Å². The zero-order valence-electron chi connectivity index (χ0n) is 13.2. The fourth-order valence-electron chi connectivity index (χ4n) is 2.41. The minimum absolute atomic E-state index is 0.536. The van der Waals surface area contributed by atoms with Gasteiger partial charge in [0.15, 0.2) is 0 Å². The summed E-state index contributed by atoms with van der Waals surface area (Å²) in [7, 11) is 1.63. The third-order valence-electron chi connectivity index (χ3n) is 3.58. The molecule has 3 rings (SSSR count). The van der Waals surface area contributed by atoms with Crippen molar-refractivity contribution in [2.75, 3.05) is 13.7 Å². The molecule has 2 aromatic rings. The summed E-state index contributed by atoms with van der Waals surface area (Å²) < 4.78 is 10.9. The summed E-state index contributed by atoms with van der Waals surface area (Å²) in [6.07, 6.45) is 1.07. The Hall–Kier alpha value is -2.03. The molecule has 1 aliphatic heterocycles. The lowest BCUT2D eigenvalue weighted by Crippen LogP contribution is -2.11. The van der Waals surface area contributed by atoms with Crippen LogP contribution in [0.3, 0.4) is 0 Å². The second-order valence-electron chi connectivity index (χ2n) is 4.86. The second-order valence-corrected chi connectivity index (χ2v) is 4.86. The molecule has 21 heavy (non-hydrogen) atoms. The number of pyridine rings is 1. The SMILES string of the molecule is CC.COc1cccc(-c2ccc3c(c2)C(C)CCO3)n1. The van der Waals surface area contributed by atoms with Crippen molar-refractivity contribution in [3.05, 3.63) is 42.0 Å². The van der Waals surface area contributed by atoms with Crippen molar-refractivity contribution in [3.8, 4) is 22.9 Å². The van der Waals surface area contributed by atoms with Crippen molar-refractivity contribution in [3.63, 3.8) is 0 Å². The van der Waals surface area contributed by atoms with Crippen LogP contribution < -0.4 is 9.47 Å². The molecule has 0 amide bonds. The highest BCUT2D eigenvalue weighted by molar-refractivity contribution is 5.63. The Kier molecular flexibility index (Phi) is 5.20. The molecular formula is C18H23NO2. The quantitative estimate of drug-likeness (QED) is 0.803. The van der Waals surface area contributed by atoms with E-state index < -0.39 is 0 Å². The normalized spacial score (nSPS) is 16.1. The summed E-state index contributed by atoms with van der Waals surface area (Å²) in [5, 5.41) is 0. The van der Waals surface area contributed by atoms with Gasteiger partial charge in [-0.2, -0.15) is 0 Å². The highest BCUT2D eigenvalue weighted by Crippen LogP contribution is 2.36. The molecule has 1 aromatic heterocycles. The largest absolute Gasteiger partial charge is 0.493 e. The molecule has 0 saturated carbocycles. The number of nitrogens with zero attached hydrogens (tertiary/aromatic N) is 1. The Morgan fingerprint density at radius 3 is 2.76 bits per heavy atom. The van der Waals surface area contributed by atoms with Crippen LogP contribution in [0.1, 0.15) is 38.7 Å². The minimum Gasteiger partial charge on any atom is -0.493 e. The molecule has 3 heteroatoms. The van der Waals surface area contributed by atoms with E-state index in [-0.39, 0.29) is 0 Å². The predicted molar refractivity (Wildman–Crippen MR) is 86.1 cm³/mol. The molecule has 1 unspecified atom stereocenters. The van der Waals surface area contributed by atoms with Crippen LogP contribution in [-0.4, -0.2) is 18.7 Å². The summed E-state index contributed by atoms with van der Waals surface area (Å²) in [4.78, 5) is 4.47. The van der Waals surface area contributed by atoms with Gasteiger partial charge < -0.3 is 9.47 Å². The number of methoxy groups -OCH3 is 1. The molecule has 1 atom stereocenters. The summed E-state index contributed by atoms with van der Waals surface area (Å²) in [6.45, 7) is 7.05. The van der Waals surface area contributed by atoms with Crippen LogP contribution >= 0.6 is 0 Å². The lowest BCUT2D eigenvalue weighted by atomic mass is 9.93. The number of hydrogen-bond acceptors (Lipinski definition) is 3. The Bertz CT molecular complexity index is 596. The van der Waals surface area contributed by atoms with E-state index in [1.54, 1.807) is 7.11 Å². The van der Waals surface area contributed by atoms with Gasteiger partial charge in [-0.3, -0.25) is 0 Å². The second kappa shape index (κ2) is 7.11. The molecule has 0 aliphatic carbocycles. The highest BCUT2D eigenvalue weighted by atomic mass is 16.5. The lowest BCUT2D eigenvalue weighted by Gasteiger charge is -2.23. The Balaban J connectivity index is 0.000000774. The monoisotopic (exact) mass is 285 g/mol. The zero-order chi connectivity index (χ0) is 15.2. The van der Waals surface area contributed by atoms with Crippen LogP contribution in [0.4, 0.5) is 0 Å². The van der Waals surface area contributed by atoms with E-state index in [1.165, 1.54) is 5.56 Å². The van der Waals surface area contributed by atoms with Crippen LogP contribution in [0.5, 0.6) is 11.6 Å². The van der Waals surface area contributed by atoms with E-state index in [9.17, 15) is 0 Å². The van der Waals surface area contributed by atoms with Crippen molar-refractivity contribution in [1.29, 1.82) is 0 Å². The molecule has 112 valence electrons. The summed E-state index contributed by atoms with van der Waals surface area (Å²) in [5.41, 5.74) is 3.31. The average Bonchev–Trinajstić information content (AvgIpc) is 2.57. The Morgan fingerprint density at radius 2 is 2.00 bits per heavy atom. The smallest absolute Gasteiger partial charge is 0.213 e. The molecule has 0 spiro atoms. The van der Waals surface area contributed by atoms with Gasteiger partial charge in [-0.25, -0.2) is 4.98 Å². The van der Waals surface area contributed by atoms with E-state index in [0.29, 0.717) is 11.8 Å². The van der Waals surface area contributed by atoms with Crippen LogP contribution in [0.25, 0.3) is 11.3 Å². The van der Waals surface area contributed by atoms with Crippen LogP contribution in [0, 0.1) is 0 Å².